The highest BCUT2D eigenvalue weighted by atomic mass is 16.5. The number of unbranched alkanes of at least 4 members (excludes halogenated alkanes) is 2. The van der Waals surface area contributed by atoms with E-state index in [1.165, 1.54) is 0 Å². The van der Waals surface area contributed by atoms with Crippen molar-refractivity contribution in [2.75, 3.05) is 13.1 Å². The van der Waals surface area contributed by atoms with Gasteiger partial charge in [-0.15, -0.1) is 0 Å². The van der Waals surface area contributed by atoms with Crippen LogP contribution < -0.4 is 10.6 Å². The normalized spacial score (nSPS) is 23.7. The Morgan fingerprint density at radius 3 is 2.88 bits per heavy atom. The third kappa shape index (κ3) is 6.49. The Labute approximate surface area is 144 Å². The molecule has 1 fully saturated rings. The van der Waals surface area contributed by atoms with Gasteiger partial charge in [-0.05, 0) is 37.3 Å². The van der Waals surface area contributed by atoms with E-state index >= 15 is 0 Å². The van der Waals surface area contributed by atoms with E-state index in [2.05, 4.69) is 17.6 Å². The zero-order valence-electron chi connectivity index (χ0n) is 14.5. The summed E-state index contributed by atoms with van der Waals surface area (Å²) in [7, 11) is 0. The fraction of sp³-hybridized carbons (Fsp3) is 0.632. The summed E-state index contributed by atoms with van der Waals surface area (Å²) in [6.07, 6.45) is 4.47. The predicted octanol–water partition coefficient (Wildman–Crippen LogP) is 2.83. The summed E-state index contributed by atoms with van der Waals surface area (Å²) in [5.74, 6) is 0.386. The first-order chi connectivity index (χ1) is 11.7. The third-order valence-corrected chi connectivity index (χ3v) is 4.68. The molecule has 1 aromatic carbocycles. The molecule has 1 aromatic rings. The van der Waals surface area contributed by atoms with Crippen LogP contribution >= 0.6 is 0 Å². The number of aliphatic hydroxyl groups is 1. The van der Waals surface area contributed by atoms with Crippen molar-refractivity contribution in [3.8, 4) is 0 Å². The number of benzene rings is 1. The SMILES string of the molecule is CC1CCN[C@@H](CCCCCNC(=O)OCc2ccccc2)C1O. The minimum Gasteiger partial charge on any atom is -0.445 e. The van der Waals surface area contributed by atoms with Gasteiger partial charge in [0.05, 0.1) is 6.10 Å². The molecule has 134 valence electrons. The van der Waals surface area contributed by atoms with Gasteiger partial charge in [0.15, 0.2) is 0 Å². The zero-order chi connectivity index (χ0) is 17.2. The first kappa shape index (κ1) is 18.7. The lowest BCUT2D eigenvalue weighted by atomic mass is 9.88. The van der Waals surface area contributed by atoms with E-state index in [4.69, 9.17) is 4.74 Å². The largest absolute Gasteiger partial charge is 0.445 e. The number of carbonyl (C=O) groups is 1. The molecule has 0 aromatic heterocycles. The number of alkyl carbamates (subject to hydrolysis) is 1. The molecule has 2 rings (SSSR count). The Kier molecular flexibility index (Phi) is 8.05. The summed E-state index contributed by atoms with van der Waals surface area (Å²) in [5, 5.41) is 16.3. The highest BCUT2D eigenvalue weighted by Gasteiger charge is 2.27. The first-order valence-electron chi connectivity index (χ1n) is 9.03. The van der Waals surface area contributed by atoms with Crippen molar-refractivity contribution in [1.29, 1.82) is 0 Å². The van der Waals surface area contributed by atoms with Crippen LogP contribution in [0.25, 0.3) is 0 Å². The molecule has 24 heavy (non-hydrogen) atoms. The average Bonchev–Trinajstić information content (AvgIpc) is 2.60. The second-order valence-corrected chi connectivity index (χ2v) is 6.66. The van der Waals surface area contributed by atoms with Crippen molar-refractivity contribution in [3.63, 3.8) is 0 Å². The molecule has 0 aliphatic carbocycles. The molecule has 0 saturated carbocycles. The predicted molar refractivity (Wildman–Crippen MR) is 94.7 cm³/mol. The van der Waals surface area contributed by atoms with Crippen LogP contribution in [-0.2, 0) is 11.3 Å². The first-order valence-corrected chi connectivity index (χ1v) is 9.03. The summed E-state index contributed by atoms with van der Waals surface area (Å²) >= 11 is 0. The number of carbonyl (C=O) groups excluding carboxylic acids is 1. The smallest absolute Gasteiger partial charge is 0.407 e. The maximum Gasteiger partial charge on any atom is 0.407 e. The Morgan fingerprint density at radius 2 is 2.08 bits per heavy atom. The Hall–Kier alpha value is -1.59. The molecule has 2 unspecified atom stereocenters. The van der Waals surface area contributed by atoms with Crippen LogP contribution in [0, 0.1) is 5.92 Å². The molecule has 1 saturated heterocycles. The van der Waals surface area contributed by atoms with E-state index in [1.807, 2.05) is 30.3 Å². The van der Waals surface area contributed by atoms with Gasteiger partial charge in [-0.1, -0.05) is 50.1 Å². The fourth-order valence-electron chi connectivity index (χ4n) is 3.09. The number of rotatable bonds is 8. The third-order valence-electron chi connectivity index (χ3n) is 4.68. The minimum absolute atomic E-state index is 0.220. The summed E-state index contributed by atoms with van der Waals surface area (Å²) in [6, 6.07) is 9.87. The van der Waals surface area contributed by atoms with Crippen LogP contribution in [0.4, 0.5) is 4.79 Å². The molecule has 0 radical (unpaired) electrons. The highest BCUT2D eigenvalue weighted by molar-refractivity contribution is 5.67. The highest BCUT2D eigenvalue weighted by Crippen LogP contribution is 2.19. The molecule has 0 spiro atoms. The van der Waals surface area contributed by atoms with Gasteiger partial charge in [0.2, 0.25) is 0 Å². The average molecular weight is 334 g/mol. The Morgan fingerprint density at radius 1 is 1.29 bits per heavy atom. The maximum absolute atomic E-state index is 11.6. The zero-order valence-corrected chi connectivity index (χ0v) is 14.5. The molecule has 3 N–H and O–H groups in total. The summed E-state index contributed by atoms with van der Waals surface area (Å²) < 4.78 is 5.16. The van der Waals surface area contributed by atoms with Crippen LogP contribution in [0.1, 0.15) is 44.6 Å². The van der Waals surface area contributed by atoms with Crippen molar-refractivity contribution >= 4 is 6.09 Å². The lowest BCUT2D eigenvalue weighted by Gasteiger charge is -2.34. The molecule has 3 atom stereocenters. The maximum atomic E-state index is 11.6. The number of hydrogen-bond acceptors (Lipinski definition) is 4. The van der Waals surface area contributed by atoms with Crippen molar-refractivity contribution in [1.82, 2.24) is 10.6 Å². The molecule has 1 aliphatic rings. The molecular weight excluding hydrogens is 304 g/mol. The number of aliphatic hydroxyl groups excluding tert-OH is 1. The van der Waals surface area contributed by atoms with E-state index in [-0.39, 0.29) is 18.2 Å². The molecule has 1 amide bonds. The van der Waals surface area contributed by atoms with E-state index in [0.717, 1.165) is 44.2 Å². The van der Waals surface area contributed by atoms with Gasteiger partial charge in [-0.2, -0.15) is 0 Å². The second kappa shape index (κ2) is 10.3. The van der Waals surface area contributed by atoms with E-state index in [9.17, 15) is 9.90 Å². The fourth-order valence-corrected chi connectivity index (χ4v) is 3.09. The molecular formula is C19H30N2O3. The Bertz CT molecular complexity index is 481. The minimum atomic E-state index is -0.364. The monoisotopic (exact) mass is 334 g/mol. The van der Waals surface area contributed by atoms with Crippen LogP contribution in [0.15, 0.2) is 30.3 Å². The van der Waals surface area contributed by atoms with Gasteiger partial charge in [-0.25, -0.2) is 4.79 Å². The van der Waals surface area contributed by atoms with Gasteiger partial charge in [0, 0.05) is 12.6 Å². The quantitative estimate of drug-likeness (QED) is 0.639. The van der Waals surface area contributed by atoms with Crippen LogP contribution in [0.2, 0.25) is 0 Å². The van der Waals surface area contributed by atoms with Crippen LogP contribution in [-0.4, -0.2) is 36.4 Å². The molecule has 5 heteroatoms. The van der Waals surface area contributed by atoms with E-state index < -0.39 is 0 Å². The van der Waals surface area contributed by atoms with Crippen molar-refractivity contribution < 1.29 is 14.6 Å². The van der Waals surface area contributed by atoms with Crippen molar-refractivity contribution in [2.24, 2.45) is 5.92 Å². The van der Waals surface area contributed by atoms with Gasteiger partial charge in [-0.3, -0.25) is 0 Å². The number of nitrogens with one attached hydrogen (secondary N) is 2. The molecule has 5 nitrogen and oxygen atoms in total. The summed E-state index contributed by atoms with van der Waals surface area (Å²) in [6.45, 7) is 4.04. The topological polar surface area (TPSA) is 70.6 Å². The van der Waals surface area contributed by atoms with Crippen LogP contribution in [0.3, 0.4) is 0 Å². The van der Waals surface area contributed by atoms with Gasteiger partial charge >= 0.3 is 6.09 Å². The van der Waals surface area contributed by atoms with E-state index in [0.29, 0.717) is 19.1 Å². The molecule has 1 heterocycles. The second-order valence-electron chi connectivity index (χ2n) is 6.66. The molecule has 1 aliphatic heterocycles. The number of ether oxygens (including phenoxy) is 1. The molecule has 0 bridgehead atoms. The number of piperidine rings is 1. The van der Waals surface area contributed by atoms with Crippen LogP contribution in [0.5, 0.6) is 0 Å². The van der Waals surface area contributed by atoms with Gasteiger partial charge < -0.3 is 20.5 Å². The van der Waals surface area contributed by atoms with Crippen molar-refractivity contribution in [3.05, 3.63) is 35.9 Å². The lowest BCUT2D eigenvalue weighted by molar-refractivity contribution is 0.0460. The standard InChI is InChI=1S/C19H30N2O3/c1-15-11-13-20-17(18(15)22)10-6-3-7-12-21-19(23)24-14-16-8-4-2-5-9-16/h2,4-5,8-9,15,17-18,20,22H,3,6-7,10-14H2,1H3,(H,21,23)/t15?,17-,18?/m0/s1. The van der Waals surface area contributed by atoms with Gasteiger partial charge in [0.1, 0.15) is 6.61 Å². The number of hydrogen-bond donors (Lipinski definition) is 3. The van der Waals surface area contributed by atoms with Crippen molar-refractivity contribution in [2.45, 2.75) is 57.8 Å². The summed E-state index contributed by atoms with van der Waals surface area (Å²) in [4.78, 5) is 11.6. The Balaban J connectivity index is 1.48. The lowest BCUT2D eigenvalue weighted by Crippen LogP contribution is -2.48. The number of amides is 1. The summed E-state index contributed by atoms with van der Waals surface area (Å²) in [5.41, 5.74) is 0.986. The van der Waals surface area contributed by atoms with Gasteiger partial charge in [0.25, 0.3) is 0 Å². The van der Waals surface area contributed by atoms with E-state index in [1.54, 1.807) is 0 Å².